The van der Waals surface area contributed by atoms with Crippen molar-refractivity contribution in [3.63, 3.8) is 0 Å². The molecule has 8 aromatic carbocycles. The Bertz CT molecular complexity index is 3200. The second-order valence-corrected chi connectivity index (χ2v) is 16.1. The molecule has 0 spiro atoms. The summed E-state index contributed by atoms with van der Waals surface area (Å²) in [7, 11) is 0. The fourth-order valence-electron chi connectivity index (χ4n) is 9.54. The highest BCUT2D eigenvalue weighted by Crippen LogP contribution is 2.55. The van der Waals surface area contributed by atoms with E-state index in [1.165, 1.54) is 88.3 Å². The van der Waals surface area contributed by atoms with Gasteiger partial charge in [-0.15, -0.1) is 0 Å². The Labute approximate surface area is 345 Å². The highest BCUT2D eigenvalue weighted by atomic mass is 14.8. The van der Waals surface area contributed by atoms with Crippen LogP contribution in [-0.2, 0) is 5.41 Å². The van der Waals surface area contributed by atoms with Gasteiger partial charge in [-0.1, -0.05) is 172 Å². The molecule has 278 valence electrons. The monoisotopic (exact) mass is 752 g/mol. The van der Waals surface area contributed by atoms with Crippen LogP contribution in [-0.4, -0.2) is 9.97 Å². The molecule has 1 aliphatic carbocycles. The van der Waals surface area contributed by atoms with Crippen LogP contribution in [0.15, 0.2) is 207 Å². The molecule has 2 aromatic heterocycles. The Hall–Kier alpha value is -7.42. The first-order chi connectivity index (χ1) is 29.0. The van der Waals surface area contributed by atoms with Crippen LogP contribution >= 0.6 is 0 Å². The van der Waals surface area contributed by atoms with Crippen molar-refractivity contribution in [1.29, 1.82) is 0 Å². The first-order valence-electron chi connectivity index (χ1n) is 20.4. The topological polar surface area (TPSA) is 25.8 Å². The van der Waals surface area contributed by atoms with E-state index in [1.54, 1.807) is 0 Å². The van der Waals surface area contributed by atoms with E-state index in [2.05, 4.69) is 195 Å². The fraction of sp³-hybridized carbons (Fsp3) is 0.0526. The molecule has 2 nitrogen and oxygen atoms in total. The summed E-state index contributed by atoms with van der Waals surface area (Å²) in [6, 6.07) is 70.8. The molecule has 59 heavy (non-hydrogen) atoms. The third-order valence-electron chi connectivity index (χ3n) is 12.4. The lowest BCUT2D eigenvalue weighted by Gasteiger charge is -2.25. The number of rotatable bonds is 6. The van der Waals surface area contributed by atoms with E-state index in [-0.39, 0.29) is 5.41 Å². The molecule has 0 aliphatic heterocycles. The van der Waals surface area contributed by atoms with Crippen LogP contribution in [0.1, 0.15) is 25.0 Å². The SMILES string of the molecule is CC1(C)c2cc(-c3ccc(-c4ccccn4)nc3)ccc2-c2cc3c(-c4ccccc4-c4ccccc4)c4ccccc4c(-c4ccccc4-c4ccccc4)c3cc21. The zero-order valence-electron chi connectivity index (χ0n) is 33.0. The van der Waals surface area contributed by atoms with Crippen molar-refractivity contribution >= 4 is 21.5 Å². The second kappa shape index (κ2) is 13.9. The van der Waals surface area contributed by atoms with Crippen LogP contribution in [0.2, 0.25) is 0 Å². The summed E-state index contributed by atoms with van der Waals surface area (Å²) in [4.78, 5) is 9.34. The number of hydrogen-bond donors (Lipinski definition) is 0. The summed E-state index contributed by atoms with van der Waals surface area (Å²) in [5, 5.41) is 5.01. The second-order valence-electron chi connectivity index (χ2n) is 16.1. The maximum absolute atomic E-state index is 4.83. The molecule has 0 saturated heterocycles. The Morgan fingerprint density at radius 1 is 0.322 bits per heavy atom. The van der Waals surface area contributed by atoms with Crippen LogP contribution in [0.5, 0.6) is 0 Å². The van der Waals surface area contributed by atoms with E-state index < -0.39 is 0 Å². The molecule has 0 amide bonds. The number of benzene rings is 8. The van der Waals surface area contributed by atoms with Crippen LogP contribution < -0.4 is 0 Å². The van der Waals surface area contributed by atoms with Crippen molar-refractivity contribution in [1.82, 2.24) is 9.97 Å². The van der Waals surface area contributed by atoms with E-state index in [0.717, 1.165) is 22.5 Å². The van der Waals surface area contributed by atoms with Crippen molar-refractivity contribution in [2.45, 2.75) is 19.3 Å². The standard InChI is InChI=1S/C57H40N2/c1-57(2)51-33-39(40-29-31-54(59-36-40)53-27-15-16-32-58-53)28-30-43(51)48-34-49-50(35-52(48)57)56(45-24-12-10-22-42(45)38-19-7-4-8-20-38)47-26-14-13-25-46(47)55(49)44-23-11-9-21-41(44)37-17-5-3-6-18-37/h3-36H,1-2H3. The molecular weight excluding hydrogens is 713 g/mol. The maximum Gasteiger partial charge on any atom is 0.0886 e. The van der Waals surface area contributed by atoms with E-state index in [9.17, 15) is 0 Å². The van der Waals surface area contributed by atoms with Crippen LogP contribution in [0.4, 0.5) is 0 Å². The minimum Gasteiger partial charge on any atom is -0.255 e. The summed E-state index contributed by atoms with van der Waals surface area (Å²) in [6.07, 6.45) is 3.79. The molecule has 0 atom stereocenters. The zero-order valence-corrected chi connectivity index (χ0v) is 33.0. The minimum atomic E-state index is -0.250. The van der Waals surface area contributed by atoms with Gasteiger partial charge in [-0.05, 0) is 130 Å². The van der Waals surface area contributed by atoms with Gasteiger partial charge in [0.2, 0.25) is 0 Å². The van der Waals surface area contributed by atoms with Crippen LogP contribution in [0, 0.1) is 0 Å². The number of hydrogen-bond acceptors (Lipinski definition) is 2. The normalized spacial score (nSPS) is 12.7. The van der Waals surface area contributed by atoms with E-state index >= 15 is 0 Å². The average Bonchev–Trinajstić information content (AvgIpc) is 3.52. The molecule has 2 heteroatoms. The molecule has 0 N–H and O–H groups in total. The van der Waals surface area contributed by atoms with Crippen molar-refractivity contribution in [2.24, 2.45) is 0 Å². The van der Waals surface area contributed by atoms with Gasteiger partial charge < -0.3 is 0 Å². The van der Waals surface area contributed by atoms with Crippen LogP contribution in [0.25, 0.3) is 99.7 Å². The summed E-state index contributed by atoms with van der Waals surface area (Å²) in [6.45, 7) is 4.78. The first-order valence-corrected chi connectivity index (χ1v) is 20.4. The van der Waals surface area contributed by atoms with Gasteiger partial charge in [-0.2, -0.15) is 0 Å². The van der Waals surface area contributed by atoms with Gasteiger partial charge in [0, 0.05) is 23.4 Å². The zero-order chi connectivity index (χ0) is 39.5. The first kappa shape index (κ1) is 34.8. The quantitative estimate of drug-likeness (QED) is 0.158. The molecule has 0 unspecified atom stereocenters. The molecule has 0 bridgehead atoms. The summed E-state index contributed by atoms with van der Waals surface area (Å²) in [5.74, 6) is 0. The number of aromatic nitrogens is 2. The Morgan fingerprint density at radius 3 is 1.41 bits per heavy atom. The smallest absolute Gasteiger partial charge is 0.0886 e. The summed E-state index contributed by atoms with van der Waals surface area (Å²) >= 11 is 0. The Morgan fingerprint density at radius 2 is 0.831 bits per heavy atom. The van der Waals surface area contributed by atoms with Crippen molar-refractivity contribution < 1.29 is 0 Å². The molecule has 11 rings (SSSR count). The van der Waals surface area contributed by atoms with Crippen molar-refractivity contribution in [2.75, 3.05) is 0 Å². The Kier molecular flexibility index (Phi) is 8.20. The third-order valence-corrected chi connectivity index (χ3v) is 12.4. The van der Waals surface area contributed by atoms with Gasteiger partial charge in [-0.25, -0.2) is 0 Å². The van der Waals surface area contributed by atoms with Crippen molar-refractivity contribution in [3.05, 3.63) is 218 Å². The molecule has 0 saturated carbocycles. The van der Waals surface area contributed by atoms with Gasteiger partial charge >= 0.3 is 0 Å². The van der Waals surface area contributed by atoms with Crippen molar-refractivity contribution in [3.8, 4) is 78.1 Å². The minimum absolute atomic E-state index is 0.250. The summed E-state index contributed by atoms with van der Waals surface area (Å²) in [5.41, 5.74) is 18.9. The van der Waals surface area contributed by atoms with E-state index in [1.807, 2.05) is 30.6 Å². The lowest BCUT2D eigenvalue weighted by atomic mass is 9.78. The molecule has 0 radical (unpaired) electrons. The van der Waals surface area contributed by atoms with Crippen LogP contribution in [0.3, 0.4) is 0 Å². The van der Waals surface area contributed by atoms with Gasteiger partial charge in [0.05, 0.1) is 11.4 Å². The van der Waals surface area contributed by atoms with Gasteiger partial charge in [0.1, 0.15) is 0 Å². The maximum atomic E-state index is 4.83. The fourth-order valence-corrected chi connectivity index (χ4v) is 9.54. The van der Waals surface area contributed by atoms with Gasteiger partial charge in [-0.3, -0.25) is 9.97 Å². The molecule has 1 aliphatic rings. The largest absolute Gasteiger partial charge is 0.255 e. The number of fused-ring (bicyclic) bond motifs is 5. The average molecular weight is 753 g/mol. The molecule has 2 heterocycles. The third kappa shape index (κ3) is 5.71. The number of pyridine rings is 2. The Balaban J connectivity index is 1.19. The lowest BCUT2D eigenvalue weighted by molar-refractivity contribution is 0.661. The predicted molar refractivity (Wildman–Crippen MR) is 247 cm³/mol. The molecule has 0 fully saturated rings. The van der Waals surface area contributed by atoms with Gasteiger partial charge in [0.25, 0.3) is 0 Å². The predicted octanol–water partition coefficient (Wildman–Crippen LogP) is 15.1. The lowest BCUT2D eigenvalue weighted by Crippen LogP contribution is -2.15. The molecular formula is C57H40N2. The van der Waals surface area contributed by atoms with E-state index in [4.69, 9.17) is 4.98 Å². The summed E-state index contributed by atoms with van der Waals surface area (Å²) < 4.78 is 0. The van der Waals surface area contributed by atoms with E-state index in [0.29, 0.717) is 0 Å². The molecule has 10 aromatic rings. The van der Waals surface area contributed by atoms with Gasteiger partial charge in [0.15, 0.2) is 0 Å². The number of nitrogens with zero attached hydrogens (tertiary/aromatic N) is 2. The highest BCUT2D eigenvalue weighted by Gasteiger charge is 2.37. The highest BCUT2D eigenvalue weighted by molar-refractivity contribution is 6.24.